The molecule has 0 spiro atoms. The number of aromatic nitrogens is 2. The van der Waals surface area contributed by atoms with Crippen LogP contribution in [0.3, 0.4) is 0 Å². The summed E-state index contributed by atoms with van der Waals surface area (Å²) in [5.41, 5.74) is 2.73. The first kappa shape index (κ1) is 13.1. The van der Waals surface area contributed by atoms with Crippen LogP contribution >= 0.6 is 22.6 Å². The predicted molar refractivity (Wildman–Crippen MR) is 84.3 cm³/mol. The third kappa shape index (κ3) is 2.40. The van der Waals surface area contributed by atoms with E-state index >= 15 is 0 Å². The zero-order valence-corrected chi connectivity index (χ0v) is 12.8. The van der Waals surface area contributed by atoms with Crippen LogP contribution in [-0.2, 0) is 0 Å². The summed E-state index contributed by atoms with van der Waals surface area (Å²) in [6, 6.07) is 13.1. The fraction of sp³-hybridized carbons (Fsp3) is 0.0667. The molecule has 2 aromatic carbocycles. The Hall–Kier alpha value is -1.89. The Morgan fingerprint density at radius 2 is 1.95 bits per heavy atom. The number of hydrogen-bond donors (Lipinski definition) is 1. The summed E-state index contributed by atoms with van der Waals surface area (Å²) in [4.78, 5) is 4.39. The zero-order chi connectivity index (χ0) is 14.1. The molecular weight excluding hydrogens is 367 g/mol. The Labute approximate surface area is 129 Å². The zero-order valence-electron chi connectivity index (χ0n) is 10.7. The van der Waals surface area contributed by atoms with Crippen LogP contribution in [0.25, 0.3) is 22.8 Å². The molecule has 1 N–H and O–H groups in total. The summed E-state index contributed by atoms with van der Waals surface area (Å²) in [5, 5.41) is 13.7. The second kappa shape index (κ2) is 5.24. The van der Waals surface area contributed by atoms with E-state index < -0.39 is 0 Å². The van der Waals surface area contributed by atoms with Gasteiger partial charge in [0.2, 0.25) is 5.82 Å². The topological polar surface area (TPSA) is 59.2 Å². The molecule has 0 radical (unpaired) electrons. The Morgan fingerprint density at radius 1 is 1.15 bits per heavy atom. The standard InChI is InChI=1S/C15H11IN2O2/c1-9-4-2-3-5-11(9)14-17-15(20-18-14)10-6-7-12(16)13(19)8-10/h2-8,19H,1H3. The summed E-state index contributed by atoms with van der Waals surface area (Å²) in [6.45, 7) is 2.00. The summed E-state index contributed by atoms with van der Waals surface area (Å²) in [5.74, 6) is 1.16. The Morgan fingerprint density at radius 3 is 2.70 bits per heavy atom. The third-order valence-corrected chi connectivity index (χ3v) is 3.92. The van der Waals surface area contributed by atoms with Crippen LogP contribution in [-0.4, -0.2) is 15.2 Å². The molecule has 3 rings (SSSR count). The minimum absolute atomic E-state index is 0.207. The number of hydrogen-bond acceptors (Lipinski definition) is 4. The second-order valence-electron chi connectivity index (χ2n) is 4.40. The lowest BCUT2D eigenvalue weighted by Gasteiger charge is -1.99. The van der Waals surface area contributed by atoms with E-state index in [0.717, 1.165) is 14.7 Å². The highest BCUT2D eigenvalue weighted by atomic mass is 127. The van der Waals surface area contributed by atoms with Crippen molar-refractivity contribution in [3.8, 4) is 28.6 Å². The summed E-state index contributed by atoms with van der Waals surface area (Å²) in [6.07, 6.45) is 0. The first-order chi connectivity index (χ1) is 9.65. The van der Waals surface area contributed by atoms with Gasteiger partial charge in [-0.15, -0.1) is 0 Å². The monoisotopic (exact) mass is 378 g/mol. The number of halogens is 1. The van der Waals surface area contributed by atoms with Crippen molar-refractivity contribution >= 4 is 22.6 Å². The number of benzene rings is 2. The fourth-order valence-corrected chi connectivity index (χ4v) is 2.26. The molecule has 0 amide bonds. The van der Waals surface area contributed by atoms with Crippen molar-refractivity contribution in [2.24, 2.45) is 0 Å². The second-order valence-corrected chi connectivity index (χ2v) is 5.57. The lowest BCUT2D eigenvalue weighted by molar-refractivity contribution is 0.431. The van der Waals surface area contributed by atoms with Crippen LogP contribution in [0, 0.1) is 10.5 Å². The van der Waals surface area contributed by atoms with Gasteiger partial charge in [-0.2, -0.15) is 4.98 Å². The molecular formula is C15H11IN2O2. The minimum Gasteiger partial charge on any atom is -0.507 e. The molecule has 0 aliphatic rings. The van der Waals surface area contributed by atoms with Crippen molar-refractivity contribution in [2.45, 2.75) is 6.92 Å². The van der Waals surface area contributed by atoms with E-state index in [2.05, 4.69) is 32.7 Å². The summed E-state index contributed by atoms with van der Waals surface area (Å²) in [7, 11) is 0. The molecule has 3 aromatic rings. The van der Waals surface area contributed by atoms with Crippen LogP contribution in [0.15, 0.2) is 47.0 Å². The molecule has 20 heavy (non-hydrogen) atoms. The van der Waals surface area contributed by atoms with Crippen molar-refractivity contribution in [1.29, 1.82) is 0 Å². The fourth-order valence-electron chi connectivity index (χ4n) is 1.92. The first-order valence-corrected chi connectivity index (χ1v) is 7.11. The van der Waals surface area contributed by atoms with Gasteiger partial charge in [0.25, 0.3) is 5.89 Å². The molecule has 0 aliphatic carbocycles. The molecule has 1 aromatic heterocycles. The average molecular weight is 378 g/mol. The van der Waals surface area contributed by atoms with Gasteiger partial charge >= 0.3 is 0 Å². The summed E-state index contributed by atoms with van der Waals surface area (Å²) < 4.78 is 6.06. The van der Waals surface area contributed by atoms with E-state index in [4.69, 9.17) is 4.52 Å². The average Bonchev–Trinajstić information content (AvgIpc) is 2.92. The van der Waals surface area contributed by atoms with E-state index in [9.17, 15) is 5.11 Å². The normalized spacial score (nSPS) is 10.7. The number of aromatic hydroxyl groups is 1. The molecule has 0 atom stereocenters. The van der Waals surface area contributed by atoms with Crippen molar-refractivity contribution in [3.63, 3.8) is 0 Å². The maximum Gasteiger partial charge on any atom is 0.258 e. The van der Waals surface area contributed by atoms with Gasteiger partial charge in [0.05, 0.1) is 3.57 Å². The number of phenols is 1. The SMILES string of the molecule is Cc1ccccc1-c1noc(-c2ccc(I)c(O)c2)n1. The van der Waals surface area contributed by atoms with Crippen molar-refractivity contribution in [1.82, 2.24) is 10.1 Å². The molecule has 0 fully saturated rings. The Balaban J connectivity index is 2.02. The van der Waals surface area contributed by atoms with Crippen molar-refractivity contribution in [3.05, 3.63) is 51.6 Å². The van der Waals surface area contributed by atoms with Gasteiger partial charge in [0.15, 0.2) is 0 Å². The lowest BCUT2D eigenvalue weighted by atomic mass is 10.1. The van der Waals surface area contributed by atoms with Crippen LogP contribution < -0.4 is 0 Å². The van der Waals surface area contributed by atoms with Gasteiger partial charge < -0.3 is 9.63 Å². The van der Waals surface area contributed by atoms with Crippen LogP contribution in [0.2, 0.25) is 0 Å². The van der Waals surface area contributed by atoms with Gasteiger partial charge in [0, 0.05) is 11.1 Å². The van der Waals surface area contributed by atoms with Crippen LogP contribution in [0.5, 0.6) is 5.75 Å². The number of rotatable bonds is 2. The number of nitrogens with zero attached hydrogens (tertiary/aromatic N) is 2. The van der Waals surface area contributed by atoms with E-state index in [0.29, 0.717) is 17.3 Å². The molecule has 1 heterocycles. The third-order valence-electron chi connectivity index (χ3n) is 3.01. The van der Waals surface area contributed by atoms with E-state index in [1.807, 2.05) is 43.3 Å². The lowest BCUT2D eigenvalue weighted by Crippen LogP contribution is -1.85. The minimum atomic E-state index is 0.207. The first-order valence-electron chi connectivity index (χ1n) is 6.04. The molecule has 0 saturated heterocycles. The number of phenolic OH excluding ortho intramolecular Hbond substituents is 1. The van der Waals surface area contributed by atoms with E-state index in [-0.39, 0.29) is 5.75 Å². The van der Waals surface area contributed by atoms with Gasteiger partial charge in [-0.3, -0.25) is 0 Å². The largest absolute Gasteiger partial charge is 0.507 e. The molecule has 0 bridgehead atoms. The molecule has 0 saturated carbocycles. The van der Waals surface area contributed by atoms with E-state index in [1.165, 1.54) is 0 Å². The van der Waals surface area contributed by atoms with Gasteiger partial charge in [0.1, 0.15) is 5.75 Å². The van der Waals surface area contributed by atoms with Crippen LogP contribution in [0.1, 0.15) is 5.56 Å². The van der Waals surface area contributed by atoms with Crippen LogP contribution in [0.4, 0.5) is 0 Å². The maximum atomic E-state index is 9.73. The van der Waals surface area contributed by atoms with Gasteiger partial charge in [-0.1, -0.05) is 29.4 Å². The quantitative estimate of drug-likeness (QED) is 0.685. The molecule has 5 heteroatoms. The Kier molecular flexibility index (Phi) is 3.43. The highest BCUT2D eigenvalue weighted by Crippen LogP contribution is 2.28. The summed E-state index contributed by atoms with van der Waals surface area (Å²) >= 11 is 2.06. The van der Waals surface area contributed by atoms with E-state index in [1.54, 1.807) is 6.07 Å². The predicted octanol–water partition coefficient (Wildman–Crippen LogP) is 4.02. The molecule has 0 aliphatic heterocycles. The Bertz CT molecular complexity index is 768. The highest BCUT2D eigenvalue weighted by Gasteiger charge is 2.13. The number of aryl methyl sites for hydroxylation is 1. The smallest absolute Gasteiger partial charge is 0.258 e. The molecule has 0 unspecified atom stereocenters. The molecule has 4 nitrogen and oxygen atoms in total. The van der Waals surface area contributed by atoms with Gasteiger partial charge in [-0.05, 0) is 53.3 Å². The highest BCUT2D eigenvalue weighted by molar-refractivity contribution is 14.1. The van der Waals surface area contributed by atoms with Crippen molar-refractivity contribution < 1.29 is 9.63 Å². The van der Waals surface area contributed by atoms with Crippen molar-refractivity contribution in [2.75, 3.05) is 0 Å². The van der Waals surface area contributed by atoms with Gasteiger partial charge in [-0.25, -0.2) is 0 Å². The molecule has 100 valence electrons. The maximum absolute atomic E-state index is 9.73.